The summed E-state index contributed by atoms with van der Waals surface area (Å²) in [7, 11) is 1.96. The van der Waals surface area contributed by atoms with Crippen molar-refractivity contribution in [1.82, 2.24) is 15.2 Å². The molecule has 0 aliphatic carbocycles. The molecular formula is C16H24N4O. The smallest absolute Gasteiger partial charge is 0.255 e. The van der Waals surface area contributed by atoms with Gasteiger partial charge in [-0.2, -0.15) is 0 Å². The minimum atomic E-state index is 0.120. The summed E-state index contributed by atoms with van der Waals surface area (Å²) in [5.74, 6) is 1.70. The van der Waals surface area contributed by atoms with Crippen LogP contribution < -0.4 is 10.2 Å². The lowest BCUT2D eigenvalue weighted by Gasteiger charge is -2.18. The number of hydrogen-bond acceptors (Lipinski definition) is 4. The van der Waals surface area contributed by atoms with Gasteiger partial charge in [-0.15, -0.1) is 0 Å². The number of carbonyl (C=O) groups is 1. The van der Waals surface area contributed by atoms with Crippen LogP contribution in [0.15, 0.2) is 18.3 Å². The van der Waals surface area contributed by atoms with Gasteiger partial charge in [0.1, 0.15) is 5.82 Å². The molecule has 3 rings (SSSR count). The summed E-state index contributed by atoms with van der Waals surface area (Å²) >= 11 is 0. The number of carbonyl (C=O) groups excluding carboxylic acids is 1. The van der Waals surface area contributed by atoms with E-state index in [-0.39, 0.29) is 5.91 Å². The molecule has 2 saturated heterocycles. The molecule has 3 heterocycles. The second-order valence-corrected chi connectivity index (χ2v) is 6.06. The molecule has 0 aromatic carbocycles. The molecule has 5 nitrogen and oxygen atoms in total. The minimum absolute atomic E-state index is 0.120. The highest BCUT2D eigenvalue weighted by Crippen LogP contribution is 2.20. The zero-order valence-electron chi connectivity index (χ0n) is 12.7. The van der Waals surface area contributed by atoms with E-state index in [4.69, 9.17) is 0 Å². The summed E-state index contributed by atoms with van der Waals surface area (Å²) in [6.07, 6.45) is 5.30. The standard InChI is InChI=1S/C16H24N4O/c1-17-10-13-6-9-20(12-13)16(21)14-4-5-15(18-11-14)19-7-2-3-8-19/h4-5,11,13,17H,2-3,6-10,12H2,1H3/t13-/m1/s1. The van der Waals surface area contributed by atoms with Crippen LogP contribution in [0.2, 0.25) is 0 Å². The quantitative estimate of drug-likeness (QED) is 0.909. The van der Waals surface area contributed by atoms with Crippen molar-refractivity contribution in [2.45, 2.75) is 19.3 Å². The molecule has 1 aromatic heterocycles. The Kier molecular flexibility index (Phi) is 4.39. The van der Waals surface area contributed by atoms with Gasteiger partial charge in [-0.3, -0.25) is 4.79 Å². The SMILES string of the molecule is CNC[C@H]1CCN(C(=O)c2ccc(N3CCCC3)nc2)C1. The lowest BCUT2D eigenvalue weighted by molar-refractivity contribution is 0.0787. The van der Waals surface area contributed by atoms with Gasteiger partial charge in [-0.1, -0.05) is 0 Å². The van der Waals surface area contributed by atoms with E-state index in [0.29, 0.717) is 11.5 Å². The van der Waals surface area contributed by atoms with Gasteiger partial charge in [0, 0.05) is 32.4 Å². The van der Waals surface area contributed by atoms with Gasteiger partial charge < -0.3 is 15.1 Å². The van der Waals surface area contributed by atoms with Crippen molar-refractivity contribution in [2.24, 2.45) is 5.92 Å². The molecule has 1 amide bonds. The van der Waals surface area contributed by atoms with E-state index in [1.54, 1.807) is 6.20 Å². The molecule has 0 bridgehead atoms. The third kappa shape index (κ3) is 3.18. The summed E-state index contributed by atoms with van der Waals surface area (Å²) in [5.41, 5.74) is 0.711. The van der Waals surface area contributed by atoms with Crippen molar-refractivity contribution in [3.05, 3.63) is 23.9 Å². The van der Waals surface area contributed by atoms with E-state index in [1.165, 1.54) is 12.8 Å². The molecule has 2 aliphatic heterocycles. The predicted octanol–water partition coefficient (Wildman–Crippen LogP) is 1.36. The molecule has 0 saturated carbocycles. The Bertz CT molecular complexity index is 482. The van der Waals surface area contributed by atoms with Crippen LogP contribution in [0.1, 0.15) is 29.6 Å². The van der Waals surface area contributed by atoms with E-state index in [9.17, 15) is 4.79 Å². The van der Waals surface area contributed by atoms with Gasteiger partial charge in [0.05, 0.1) is 5.56 Å². The van der Waals surface area contributed by atoms with Crippen molar-refractivity contribution in [3.8, 4) is 0 Å². The maximum absolute atomic E-state index is 12.5. The lowest BCUT2D eigenvalue weighted by atomic mass is 10.1. The van der Waals surface area contributed by atoms with Gasteiger partial charge in [0.15, 0.2) is 0 Å². The Labute approximate surface area is 126 Å². The minimum Gasteiger partial charge on any atom is -0.357 e. The van der Waals surface area contributed by atoms with E-state index in [0.717, 1.165) is 45.0 Å². The molecule has 2 aliphatic rings. The number of hydrogen-bond donors (Lipinski definition) is 1. The van der Waals surface area contributed by atoms with Crippen LogP contribution in [0, 0.1) is 5.92 Å². The van der Waals surface area contributed by atoms with E-state index in [1.807, 2.05) is 24.1 Å². The zero-order valence-corrected chi connectivity index (χ0v) is 12.7. The summed E-state index contributed by atoms with van der Waals surface area (Å²) in [4.78, 5) is 21.2. The predicted molar refractivity (Wildman–Crippen MR) is 83.6 cm³/mol. The second kappa shape index (κ2) is 6.43. The Morgan fingerprint density at radius 3 is 2.81 bits per heavy atom. The highest BCUT2D eigenvalue weighted by atomic mass is 16.2. The number of pyridine rings is 1. The highest BCUT2D eigenvalue weighted by molar-refractivity contribution is 5.94. The first kappa shape index (κ1) is 14.3. The molecule has 21 heavy (non-hydrogen) atoms. The fourth-order valence-electron chi connectivity index (χ4n) is 3.30. The van der Waals surface area contributed by atoms with Crippen molar-refractivity contribution in [3.63, 3.8) is 0 Å². The van der Waals surface area contributed by atoms with Crippen molar-refractivity contribution in [1.29, 1.82) is 0 Å². The van der Waals surface area contributed by atoms with Crippen LogP contribution in [-0.2, 0) is 0 Å². The van der Waals surface area contributed by atoms with Gasteiger partial charge in [-0.25, -0.2) is 4.98 Å². The molecule has 0 radical (unpaired) electrons. The second-order valence-electron chi connectivity index (χ2n) is 6.06. The van der Waals surface area contributed by atoms with Gasteiger partial charge in [-0.05, 0) is 50.9 Å². The van der Waals surface area contributed by atoms with Crippen LogP contribution in [-0.4, -0.2) is 55.6 Å². The first-order chi connectivity index (χ1) is 10.3. The van der Waals surface area contributed by atoms with Crippen LogP contribution in [0.25, 0.3) is 0 Å². The maximum Gasteiger partial charge on any atom is 0.255 e. The fraction of sp³-hybridized carbons (Fsp3) is 0.625. The molecule has 5 heteroatoms. The molecule has 1 N–H and O–H groups in total. The number of nitrogens with one attached hydrogen (secondary N) is 1. The number of rotatable bonds is 4. The fourth-order valence-corrected chi connectivity index (χ4v) is 3.30. The molecule has 0 spiro atoms. The molecular weight excluding hydrogens is 264 g/mol. The number of amides is 1. The topological polar surface area (TPSA) is 48.5 Å². The van der Waals surface area contributed by atoms with Crippen molar-refractivity contribution < 1.29 is 4.79 Å². The maximum atomic E-state index is 12.5. The number of nitrogens with zero attached hydrogens (tertiary/aromatic N) is 3. The summed E-state index contributed by atoms with van der Waals surface area (Å²) in [5, 5.41) is 3.19. The van der Waals surface area contributed by atoms with Crippen LogP contribution in [0.4, 0.5) is 5.82 Å². The monoisotopic (exact) mass is 288 g/mol. The third-order valence-corrected chi connectivity index (χ3v) is 4.49. The normalized spacial score (nSPS) is 22.0. The number of likely N-dealkylation sites (tertiary alicyclic amines) is 1. The molecule has 2 fully saturated rings. The average Bonchev–Trinajstić information content (AvgIpc) is 3.19. The van der Waals surface area contributed by atoms with Crippen molar-refractivity contribution >= 4 is 11.7 Å². The van der Waals surface area contributed by atoms with E-state index in [2.05, 4.69) is 15.2 Å². The molecule has 1 atom stereocenters. The number of aromatic nitrogens is 1. The Morgan fingerprint density at radius 1 is 1.33 bits per heavy atom. The van der Waals surface area contributed by atoms with Crippen molar-refractivity contribution in [2.75, 3.05) is 44.7 Å². The van der Waals surface area contributed by atoms with E-state index >= 15 is 0 Å². The number of anilines is 1. The third-order valence-electron chi connectivity index (χ3n) is 4.49. The van der Waals surface area contributed by atoms with Gasteiger partial charge in [0.25, 0.3) is 5.91 Å². The largest absolute Gasteiger partial charge is 0.357 e. The summed E-state index contributed by atoms with van der Waals surface area (Å²) in [6, 6.07) is 3.91. The van der Waals surface area contributed by atoms with E-state index < -0.39 is 0 Å². The van der Waals surface area contributed by atoms with Gasteiger partial charge >= 0.3 is 0 Å². The molecule has 0 unspecified atom stereocenters. The van der Waals surface area contributed by atoms with Crippen LogP contribution >= 0.6 is 0 Å². The average molecular weight is 288 g/mol. The Hall–Kier alpha value is -1.62. The summed E-state index contributed by atoms with van der Waals surface area (Å²) < 4.78 is 0. The first-order valence-electron chi connectivity index (χ1n) is 7.93. The Morgan fingerprint density at radius 2 is 2.14 bits per heavy atom. The van der Waals surface area contributed by atoms with Gasteiger partial charge in [0.2, 0.25) is 0 Å². The highest BCUT2D eigenvalue weighted by Gasteiger charge is 2.26. The first-order valence-corrected chi connectivity index (χ1v) is 7.93. The zero-order chi connectivity index (χ0) is 14.7. The van der Waals surface area contributed by atoms with Crippen LogP contribution in [0.5, 0.6) is 0 Å². The molecule has 114 valence electrons. The molecule has 1 aromatic rings. The Balaban J connectivity index is 1.62. The summed E-state index contributed by atoms with van der Waals surface area (Å²) in [6.45, 7) is 4.86. The lowest BCUT2D eigenvalue weighted by Crippen LogP contribution is -2.30. The van der Waals surface area contributed by atoms with Crippen LogP contribution in [0.3, 0.4) is 0 Å².